The van der Waals surface area contributed by atoms with Gasteiger partial charge >= 0.3 is 0 Å². The van der Waals surface area contributed by atoms with Crippen molar-refractivity contribution in [3.05, 3.63) is 63.6 Å². The van der Waals surface area contributed by atoms with Crippen LogP contribution in [0.2, 0.25) is 0 Å². The topological polar surface area (TPSA) is 79.5 Å². The molecule has 0 heterocycles. The number of anilines is 1. The Morgan fingerprint density at radius 2 is 1.83 bits per heavy atom. The molecule has 2 aromatic rings. The van der Waals surface area contributed by atoms with Crippen LogP contribution in [0.15, 0.2) is 51.9 Å². The zero-order valence-corrected chi connectivity index (χ0v) is 15.4. The lowest BCUT2D eigenvalue weighted by atomic mass is 10.1. The number of hydrogen-bond acceptors (Lipinski definition) is 2. The quantitative estimate of drug-likeness (QED) is 0.417. The van der Waals surface area contributed by atoms with Crippen molar-refractivity contribution in [1.82, 2.24) is 5.32 Å². The molecule has 2 aromatic carbocycles. The first-order valence-electron chi connectivity index (χ1n) is 7.63. The molecule has 1 amide bonds. The van der Waals surface area contributed by atoms with Gasteiger partial charge < -0.3 is 16.4 Å². The number of nitrogens with two attached hydrogens (primary N) is 1. The molecule has 0 atom stereocenters. The predicted octanol–water partition coefficient (Wildman–Crippen LogP) is 3.22. The number of guanidine groups is 1. The Balaban J connectivity index is 1.79. The van der Waals surface area contributed by atoms with Crippen molar-refractivity contribution in [1.29, 1.82) is 0 Å². The number of aryl methyl sites for hydroxylation is 2. The Hall–Kier alpha value is -2.34. The third-order valence-electron chi connectivity index (χ3n) is 3.57. The van der Waals surface area contributed by atoms with E-state index in [0.717, 1.165) is 10.2 Å². The number of rotatable bonds is 5. The van der Waals surface area contributed by atoms with Gasteiger partial charge in [0.05, 0.1) is 6.54 Å². The summed E-state index contributed by atoms with van der Waals surface area (Å²) in [5, 5.41) is 5.86. The highest BCUT2D eigenvalue weighted by atomic mass is 79.9. The molecule has 5 nitrogen and oxygen atoms in total. The number of hydrogen-bond donors (Lipinski definition) is 3. The van der Waals surface area contributed by atoms with E-state index in [-0.39, 0.29) is 5.91 Å². The molecule has 0 fully saturated rings. The van der Waals surface area contributed by atoms with Gasteiger partial charge in [-0.05, 0) is 61.4 Å². The fourth-order valence-electron chi connectivity index (χ4n) is 2.06. The second-order valence-corrected chi connectivity index (χ2v) is 6.37. The lowest BCUT2D eigenvalue weighted by Crippen LogP contribution is -2.28. The molecule has 0 aliphatic carbocycles. The Labute approximate surface area is 150 Å². The fourth-order valence-corrected chi connectivity index (χ4v) is 2.32. The molecule has 0 saturated heterocycles. The zero-order chi connectivity index (χ0) is 17.5. The smallest absolute Gasteiger partial charge is 0.251 e. The minimum atomic E-state index is -0.126. The van der Waals surface area contributed by atoms with Crippen LogP contribution < -0.4 is 16.4 Å². The van der Waals surface area contributed by atoms with Gasteiger partial charge in [-0.25, -0.2) is 0 Å². The van der Waals surface area contributed by atoms with Gasteiger partial charge in [-0.1, -0.05) is 22.0 Å². The van der Waals surface area contributed by atoms with Gasteiger partial charge in [0.25, 0.3) is 5.91 Å². The van der Waals surface area contributed by atoms with Crippen molar-refractivity contribution in [2.75, 3.05) is 18.4 Å². The third-order valence-corrected chi connectivity index (χ3v) is 4.09. The van der Waals surface area contributed by atoms with E-state index >= 15 is 0 Å². The molecule has 0 radical (unpaired) electrons. The monoisotopic (exact) mass is 388 g/mol. The Morgan fingerprint density at radius 1 is 1.12 bits per heavy atom. The second-order valence-electron chi connectivity index (χ2n) is 5.45. The van der Waals surface area contributed by atoms with Gasteiger partial charge in [0.1, 0.15) is 0 Å². The minimum absolute atomic E-state index is 0.126. The van der Waals surface area contributed by atoms with Crippen LogP contribution in [0, 0.1) is 13.8 Å². The first kappa shape index (κ1) is 18.0. The highest BCUT2D eigenvalue weighted by Gasteiger charge is 2.04. The van der Waals surface area contributed by atoms with Crippen LogP contribution in [0.5, 0.6) is 0 Å². The molecular formula is C18H21BrN4O. The minimum Gasteiger partial charge on any atom is -0.370 e. The number of aliphatic imine (C=N–C) groups is 1. The van der Waals surface area contributed by atoms with Crippen molar-refractivity contribution >= 4 is 33.5 Å². The molecule has 4 N–H and O–H groups in total. The second kappa shape index (κ2) is 8.49. The van der Waals surface area contributed by atoms with Gasteiger partial charge in [-0.15, -0.1) is 0 Å². The number of halogens is 1. The van der Waals surface area contributed by atoms with E-state index in [1.165, 1.54) is 11.1 Å². The zero-order valence-electron chi connectivity index (χ0n) is 13.8. The van der Waals surface area contributed by atoms with Crippen molar-refractivity contribution in [2.45, 2.75) is 13.8 Å². The summed E-state index contributed by atoms with van der Waals surface area (Å²) in [6.45, 7) is 4.94. The number of nitrogens with one attached hydrogen (secondary N) is 2. The third kappa shape index (κ3) is 5.38. The largest absolute Gasteiger partial charge is 0.370 e. The Bertz CT molecular complexity index is 741. The Kier molecular flexibility index (Phi) is 6.37. The summed E-state index contributed by atoms with van der Waals surface area (Å²) in [5.41, 5.74) is 9.79. The highest BCUT2D eigenvalue weighted by Crippen LogP contribution is 2.13. The summed E-state index contributed by atoms with van der Waals surface area (Å²) in [6, 6.07) is 13.2. The van der Waals surface area contributed by atoms with Gasteiger partial charge in [-0.3, -0.25) is 9.79 Å². The van der Waals surface area contributed by atoms with Gasteiger partial charge in [0.15, 0.2) is 5.96 Å². The molecule has 0 aromatic heterocycles. The van der Waals surface area contributed by atoms with Crippen molar-refractivity contribution in [3.63, 3.8) is 0 Å². The van der Waals surface area contributed by atoms with E-state index in [0.29, 0.717) is 24.6 Å². The van der Waals surface area contributed by atoms with Crippen LogP contribution in [0.25, 0.3) is 0 Å². The van der Waals surface area contributed by atoms with E-state index in [4.69, 9.17) is 5.73 Å². The highest BCUT2D eigenvalue weighted by molar-refractivity contribution is 9.10. The van der Waals surface area contributed by atoms with E-state index in [2.05, 4.69) is 38.5 Å². The maximum absolute atomic E-state index is 11.9. The van der Waals surface area contributed by atoms with Crippen LogP contribution >= 0.6 is 15.9 Å². The number of amides is 1. The number of carbonyl (C=O) groups is 1. The molecular weight excluding hydrogens is 368 g/mol. The summed E-state index contributed by atoms with van der Waals surface area (Å²) in [7, 11) is 0. The standard InChI is InChI=1S/C18H21BrN4O/c1-12-3-8-16(11-13(12)2)23-18(20)22-10-9-21-17(24)14-4-6-15(19)7-5-14/h3-8,11H,9-10H2,1-2H3,(H,21,24)(H3,20,22,23). The van der Waals surface area contributed by atoms with Crippen LogP contribution in [0.4, 0.5) is 5.69 Å². The number of benzene rings is 2. The average Bonchev–Trinajstić information content (AvgIpc) is 2.55. The molecule has 0 aliphatic heterocycles. The molecule has 0 aliphatic rings. The molecule has 0 unspecified atom stereocenters. The molecule has 0 spiro atoms. The summed E-state index contributed by atoms with van der Waals surface area (Å²) >= 11 is 3.34. The molecule has 0 saturated carbocycles. The average molecular weight is 389 g/mol. The summed E-state index contributed by atoms with van der Waals surface area (Å²) in [4.78, 5) is 16.2. The van der Waals surface area contributed by atoms with E-state index in [1.807, 2.05) is 37.3 Å². The van der Waals surface area contributed by atoms with E-state index in [1.54, 1.807) is 12.1 Å². The van der Waals surface area contributed by atoms with Crippen molar-refractivity contribution in [3.8, 4) is 0 Å². The summed E-state index contributed by atoms with van der Waals surface area (Å²) in [6.07, 6.45) is 0. The molecule has 2 rings (SSSR count). The van der Waals surface area contributed by atoms with E-state index < -0.39 is 0 Å². The van der Waals surface area contributed by atoms with Crippen molar-refractivity contribution < 1.29 is 4.79 Å². The SMILES string of the molecule is Cc1ccc(NC(N)=NCCNC(=O)c2ccc(Br)cc2)cc1C. The maximum atomic E-state index is 11.9. The van der Waals surface area contributed by atoms with Gasteiger partial charge in [-0.2, -0.15) is 0 Å². The number of nitrogens with zero attached hydrogens (tertiary/aromatic N) is 1. The normalized spacial score (nSPS) is 11.2. The van der Waals surface area contributed by atoms with E-state index in [9.17, 15) is 4.79 Å². The molecule has 24 heavy (non-hydrogen) atoms. The first-order valence-corrected chi connectivity index (χ1v) is 8.43. The fraction of sp³-hybridized carbons (Fsp3) is 0.222. The lowest BCUT2D eigenvalue weighted by Gasteiger charge is -2.08. The van der Waals surface area contributed by atoms with Crippen LogP contribution in [0.1, 0.15) is 21.5 Å². The molecule has 0 bridgehead atoms. The van der Waals surface area contributed by atoms with Crippen LogP contribution in [0.3, 0.4) is 0 Å². The predicted molar refractivity (Wildman–Crippen MR) is 103 cm³/mol. The van der Waals surface area contributed by atoms with Gasteiger partial charge in [0.2, 0.25) is 0 Å². The molecule has 6 heteroatoms. The van der Waals surface area contributed by atoms with Crippen LogP contribution in [-0.4, -0.2) is 25.0 Å². The summed E-state index contributed by atoms with van der Waals surface area (Å²) in [5.74, 6) is 0.203. The first-order chi connectivity index (χ1) is 11.5. The summed E-state index contributed by atoms with van der Waals surface area (Å²) < 4.78 is 0.939. The molecule has 126 valence electrons. The van der Waals surface area contributed by atoms with Crippen LogP contribution in [-0.2, 0) is 0 Å². The van der Waals surface area contributed by atoms with Gasteiger partial charge in [0, 0.05) is 22.3 Å². The Morgan fingerprint density at radius 3 is 2.50 bits per heavy atom. The lowest BCUT2D eigenvalue weighted by molar-refractivity contribution is 0.0955. The van der Waals surface area contributed by atoms with Crippen molar-refractivity contribution in [2.24, 2.45) is 10.7 Å². The maximum Gasteiger partial charge on any atom is 0.251 e. The number of carbonyl (C=O) groups excluding carboxylic acids is 1.